The summed E-state index contributed by atoms with van der Waals surface area (Å²) in [5.74, 6) is 1.11. The van der Waals surface area contributed by atoms with E-state index in [0.29, 0.717) is 27.9 Å². The Hall–Kier alpha value is -2.41. The van der Waals surface area contributed by atoms with Crippen LogP contribution in [0.2, 0.25) is 5.02 Å². The van der Waals surface area contributed by atoms with Gasteiger partial charge in [-0.05, 0) is 22.6 Å². The minimum atomic E-state index is 0.441. The lowest BCUT2D eigenvalue weighted by Crippen LogP contribution is -2.03. The van der Waals surface area contributed by atoms with Gasteiger partial charge in [-0.25, -0.2) is 0 Å². The Morgan fingerprint density at radius 1 is 1.26 bits per heavy atom. The van der Waals surface area contributed by atoms with Crippen LogP contribution in [0.3, 0.4) is 0 Å². The van der Waals surface area contributed by atoms with Gasteiger partial charge in [0.2, 0.25) is 0 Å². The van der Waals surface area contributed by atoms with Gasteiger partial charge in [0.05, 0.1) is 10.7 Å². The number of hydrogen-bond acceptors (Lipinski definition) is 5. The molecule has 0 atom stereocenters. The molecule has 0 aliphatic heterocycles. The molecule has 0 spiro atoms. The number of para-hydroxylation sites is 1. The van der Waals surface area contributed by atoms with E-state index >= 15 is 0 Å². The minimum Gasteiger partial charge on any atom is -0.397 e. The number of benzene rings is 1. The maximum atomic E-state index is 6.01. The van der Waals surface area contributed by atoms with Gasteiger partial charge >= 0.3 is 0 Å². The van der Waals surface area contributed by atoms with Crippen LogP contribution in [0, 0.1) is 0 Å². The number of hydrogen-bond donors (Lipinski definition) is 1. The molecule has 3 aromatic rings. The molecule has 19 heavy (non-hydrogen) atoms. The Morgan fingerprint density at radius 2 is 2.11 bits per heavy atom. The Bertz CT molecular complexity index is 730. The third-order valence-corrected chi connectivity index (χ3v) is 3.01. The molecule has 0 unspecified atom stereocenters. The molecule has 0 bridgehead atoms. The highest BCUT2D eigenvalue weighted by molar-refractivity contribution is 6.33. The summed E-state index contributed by atoms with van der Waals surface area (Å²) in [6.07, 6.45) is 1.81. The maximum absolute atomic E-state index is 6.01. The van der Waals surface area contributed by atoms with Crippen molar-refractivity contribution in [2.75, 3.05) is 5.73 Å². The Morgan fingerprint density at radius 3 is 2.84 bits per heavy atom. The molecular weight excluding hydrogens is 266 g/mol. The van der Waals surface area contributed by atoms with Crippen molar-refractivity contribution in [3.63, 3.8) is 0 Å². The third-order valence-electron chi connectivity index (χ3n) is 2.68. The SMILES string of the molecule is Cn1ccc(-n2nnnc2-c2cccc(Cl)c2N)n1. The van der Waals surface area contributed by atoms with Gasteiger partial charge in [-0.1, -0.05) is 17.7 Å². The van der Waals surface area contributed by atoms with Crippen LogP contribution in [0.15, 0.2) is 30.5 Å². The number of rotatable bonds is 2. The number of nitrogens with zero attached hydrogens (tertiary/aromatic N) is 6. The molecule has 96 valence electrons. The molecule has 8 heteroatoms. The lowest BCUT2D eigenvalue weighted by molar-refractivity contribution is 0.715. The van der Waals surface area contributed by atoms with Gasteiger partial charge in [0.1, 0.15) is 0 Å². The molecule has 2 aromatic heterocycles. The van der Waals surface area contributed by atoms with Crippen LogP contribution in [0.5, 0.6) is 0 Å². The molecule has 0 saturated carbocycles. The van der Waals surface area contributed by atoms with Gasteiger partial charge in [0, 0.05) is 24.9 Å². The summed E-state index contributed by atoms with van der Waals surface area (Å²) >= 11 is 6.01. The number of nitrogen functional groups attached to an aromatic ring is 1. The smallest absolute Gasteiger partial charge is 0.191 e. The van der Waals surface area contributed by atoms with Crippen LogP contribution in [0.4, 0.5) is 5.69 Å². The normalized spacial score (nSPS) is 10.8. The van der Waals surface area contributed by atoms with Crippen LogP contribution in [-0.4, -0.2) is 30.0 Å². The molecule has 2 heterocycles. The van der Waals surface area contributed by atoms with Crippen molar-refractivity contribution in [3.8, 4) is 17.2 Å². The van der Waals surface area contributed by atoms with Gasteiger partial charge in [0.15, 0.2) is 11.6 Å². The Labute approximate surface area is 113 Å². The lowest BCUT2D eigenvalue weighted by atomic mass is 10.1. The van der Waals surface area contributed by atoms with Crippen molar-refractivity contribution in [1.82, 2.24) is 30.0 Å². The zero-order valence-corrected chi connectivity index (χ0v) is 10.8. The van der Waals surface area contributed by atoms with E-state index in [1.54, 1.807) is 22.9 Å². The average molecular weight is 276 g/mol. The lowest BCUT2D eigenvalue weighted by Gasteiger charge is -2.06. The molecule has 0 aliphatic rings. The number of anilines is 1. The van der Waals surface area contributed by atoms with Crippen LogP contribution in [0.1, 0.15) is 0 Å². The number of halogens is 1. The van der Waals surface area contributed by atoms with E-state index in [1.807, 2.05) is 19.3 Å². The molecule has 0 fully saturated rings. The summed E-state index contributed by atoms with van der Waals surface area (Å²) < 4.78 is 3.18. The zero-order valence-electron chi connectivity index (χ0n) is 10.0. The molecule has 0 saturated heterocycles. The standard InChI is InChI=1S/C11H10ClN7/c1-18-6-5-9(15-18)19-11(14-16-17-19)7-3-2-4-8(12)10(7)13/h2-6H,13H2,1H3. The van der Waals surface area contributed by atoms with Crippen molar-refractivity contribution >= 4 is 17.3 Å². The summed E-state index contributed by atoms with van der Waals surface area (Å²) in [4.78, 5) is 0. The summed E-state index contributed by atoms with van der Waals surface area (Å²) in [7, 11) is 1.82. The van der Waals surface area contributed by atoms with Crippen molar-refractivity contribution in [3.05, 3.63) is 35.5 Å². The number of aromatic nitrogens is 6. The molecule has 0 amide bonds. The molecule has 3 rings (SSSR count). The Balaban J connectivity index is 2.17. The van der Waals surface area contributed by atoms with Crippen molar-refractivity contribution in [1.29, 1.82) is 0 Å². The van der Waals surface area contributed by atoms with E-state index in [1.165, 1.54) is 4.68 Å². The quantitative estimate of drug-likeness (QED) is 0.712. The summed E-state index contributed by atoms with van der Waals surface area (Å²) in [5.41, 5.74) is 7.07. The topological polar surface area (TPSA) is 87.4 Å². The minimum absolute atomic E-state index is 0.441. The van der Waals surface area contributed by atoms with E-state index in [2.05, 4.69) is 20.6 Å². The van der Waals surface area contributed by atoms with Crippen LogP contribution in [0.25, 0.3) is 17.2 Å². The molecule has 0 aliphatic carbocycles. The van der Waals surface area contributed by atoms with Crippen LogP contribution in [-0.2, 0) is 7.05 Å². The van der Waals surface area contributed by atoms with E-state index in [4.69, 9.17) is 17.3 Å². The Kier molecular flexibility index (Phi) is 2.68. The second-order valence-corrected chi connectivity index (χ2v) is 4.37. The average Bonchev–Trinajstić information content (AvgIpc) is 3.01. The highest BCUT2D eigenvalue weighted by atomic mass is 35.5. The predicted molar refractivity (Wildman–Crippen MR) is 70.8 cm³/mol. The summed E-state index contributed by atoms with van der Waals surface area (Å²) in [5, 5.41) is 16.3. The first-order chi connectivity index (χ1) is 9.16. The van der Waals surface area contributed by atoms with Crippen molar-refractivity contribution < 1.29 is 0 Å². The first kappa shape index (κ1) is 11.7. The van der Waals surface area contributed by atoms with Crippen LogP contribution < -0.4 is 5.73 Å². The van der Waals surface area contributed by atoms with Crippen molar-refractivity contribution in [2.24, 2.45) is 7.05 Å². The number of nitrogens with two attached hydrogens (primary N) is 1. The van der Waals surface area contributed by atoms with E-state index in [0.717, 1.165) is 0 Å². The van der Waals surface area contributed by atoms with E-state index in [-0.39, 0.29) is 0 Å². The second kappa shape index (κ2) is 4.36. The van der Waals surface area contributed by atoms with Gasteiger partial charge in [-0.15, -0.1) is 5.10 Å². The molecular formula is C11H10ClN7. The highest BCUT2D eigenvalue weighted by Crippen LogP contribution is 2.30. The number of aryl methyl sites for hydroxylation is 1. The van der Waals surface area contributed by atoms with Gasteiger partial charge in [-0.3, -0.25) is 4.68 Å². The fourth-order valence-electron chi connectivity index (χ4n) is 1.76. The second-order valence-electron chi connectivity index (χ2n) is 3.96. The largest absolute Gasteiger partial charge is 0.397 e. The molecule has 0 radical (unpaired) electrons. The fourth-order valence-corrected chi connectivity index (χ4v) is 1.93. The number of tetrazole rings is 1. The van der Waals surface area contributed by atoms with E-state index < -0.39 is 0 Å². The first-order valence-electron chi connectivity index (χ1n) is 5.49. The fraction of sp³-hybridized carbons (Fsp3) is 0.0909. The summed E-state index contributed by atoms with van der Waals surface area (Å²) in [6.45, 7) is 0. The first-order valence-corrected chi connectivity index (χ1v) is 5.87. The van der Waals surface area contributed by atoms with E-state index in [9.17, 15) is 0 Å². The van der Waals surface area contributed by atoms with Gasteiger partial charge in [-0.2, -0.15) is 9.78 Å². The highest BCUT2D eigenvalue weighted by Gasteiger charge is 2.16. The predicted octanol–water partition coefficient (Wildman–Crippen LogP) is 1.30. The monoisotopic (exact) mass is 275 g/mol. The molecule has 7 nitrogen and oxygen atoms in total. The van der Waals surface area contributed by atoms with Gasteiger partial charge in [0.25, 0.3) is 0 Å². The van der Waals surface area contributed by atoms with Crippen molar-refractivity contribution in [2.45, 2.75) is 0 Å². The van der Waals surface area contributed by atoms with Crippen LogP contribution >= 0.6 is 11.6 Å². The summed E-state index contributed by atoms with van der Waals surface area (Å²) in [6, 6.07) is 7.13. The molecule has 1 aromatic carbocycles. The maximum Gasteiger partial charge on any atom is 0.191 e. The van der Waals surface area contributed by atoms with Gasteiger partial charge < -0.3 is 5.73 Å². The third kappa shape index (κ3) is 1.93. The zero-order chi connectivity index (χ0) is 13.4. The molecule has 2 N–H and O–H groups in total.